The van der Waals surface area contributed by atoms with Gasteiger partial charge in [-0.2, -0.15) is 0 Å². The molecule has 0 aliphatic heterocycles. The van der Waals surface area contributed by atoms with Gasteiger partial charge in [0.25, 0.3) is 0 Å². The van der Waals surface area contributed by atoms with Crippen LogP contribution in [-0.4, -0.2) is 38.8 Å². The van der Waals surface area contributed by atoms with Crippen molar-refractivity contribution < 1.29 is 9.53 Å². The second kappa shape index (κ2) is 9.34. The average Bonchev–Trinajstić information content (AvgIpc) is 2.39. The number of nitrogens with one attached hydrogen (secondary N) is 2. The first-order valence-electron chi connectivity index (χ1n) is 7.25. The zero-order valence-electron chi connectivity index (χ0n) is 11.8. The first kappa shape index (κ1) is 15.4. The molecule has 1 fully saturated rings. The molecule has 0 saturated heterocycles. The molecule has 0 heterocycles. The van der Waals surface area contributed by atoms with Crippen molar-refractivity contribution in [1.29, 1.82) is 0 Å². The molecule has 4 heteroatoms. The van der Waals surface area contributed by atoms with Crippen molar-refractivity contribution in [3.8, 4) is 0 Å². The Hall–Kier alpha value is -0.610. The fraction of sp³-hybridized carbons (Fsp3) is 0.929. The Morgan fingerprint density at radius 1 is 1.28 bits per heavy atom. The van der Waals surface area contributed by atoms with E-state index in [0.717, 1.165) is 5.92 Å². The van der Waals surface area contributed by atoms with Gasteiger partial charge in [-0.15, -0.1) is 0 Å². The fourth-order valence-corrected chi connectivity index (χ4v) is 2.66. The van der Waals surface area contributed by atoms with Crippen molar-refractivity contribution in [2.75, 3.05) is 26.8 Å². The van der Waals surface area contributed by atoms with E-state index in [2.05, 4.69) is 17.6 Å². The molecule has 2 N–H and O–H groups in total. The second-order valence-corrected chi connectivity index (χ2v) is 5.23. The number of hydrogen-bond donors (Lipinski definition) is 2. The van der Waals surface area contributed by atoms with Crippen molar-refractivity contribution in [2.24, 2.45) is 5.92 Å². The summed E-state index contributed by atoms with van der Waals surface area (Å²) in [6.07, 6.45) is 7.73. The van der Waals surface area contributed by atoms with E-state index in [0.29, 0.717) is 25.7 Å². The van der Waals surface area contributed by atoms with Crippen molar-refractivity contribution >= 4 is 5.91 Å². The lowest BCUT2D eigenvalue weighted by Gasteiger charge is -2.28. The standard InChI is InChI=1S/C14H28N2O2/c1-3-4-12-5-7-13(8-6-12)16-11-14(17)15-9-10-18-2/h12-13,16H,3-11H2,1-2H3,(H,15,17). The van der Waals surface area contributed by atoms with E-state index in [-0.39, 0.29) is 5.91 Å². The molecule has 0 radical (unpaired) electrons. The molecular formula is C14H28N2O2. The molecule has 18 heavy (non-hydrogen) atoms. The Kier molecular flexibility index (Phi) is 8.01. The molecule has 0 spiro atoms. The molecule has 1 aliphatic rings. The van der Waals surface area contributed by atoms with Crippen molar-refractivity contribution in [3.05, 3.63) is 0 Å². The third kappa shape index (κ3) is 6.36. The maximum Gasteiger partial charge on any atom is 0.234 e. The van der Waals surface area contributed by atoms with Crippen LogP contribution < -0.4 is 10.6 Å². The van der Waals surface area contributed by atoms with Crippen LogP contribution in [0, 0.1) is 5.92 Å². The quantitative estimate of drug-likeness (QED) is 0.650. The van der Waals surface area contributed by atoms with Gasteiger partial charge in [0, 0.05) is 19.7 Å². The molecule has 1 saturated carbocycles. The van der Waals surface area contributed by atoms with Gasteiger partial charge in [0.05, 0.1) is 13.2 Å². The summed E-state index contributed by atoms with van der Waals surface area (Å²) in [5.41, 5.74) is 0. The summed E-state index contributed by atoms with van der Waals surface area (Å²) in [4.78, 5) is 11.5. The first-order chi connectivity index (χ1) is 8.76. The summed E-state index contributed by atoms with van der Waals surface area (Å²) in [6, 6.07) is 0.534. The Morgan fingerprint density at radius 2 is 2.00 bits per heavy atom. The highest BCUT2D eigenvalue weighted by Crippen LogP contribution is 2.27. The number of methoxy groups -OCH3 is 1. The summed E-state index contributed by atoms with van der Waals surface area (Å²) < 4.78 is 4.89. The summed E-state index contributed by atoms with van der Waals surface area (Å²) in [6.45, 7) is 3.87. The maximum atomic E-state index is 11.5. The van der Waals surface area contributed by atoms with Crippen LogP contribution in [0.25, 0.3) is 0 Å². The molecule has 1 rings (SSSR count). The Balaban J connectivity index is 2.04. The number of hydrogen-bond acceptors (Lipinski definition) is 3. The smallest absolute Gasteiger partial charge is 0.234 e. The Morgan fingerprint density at radius 3 is 2.61 bits per heavy atom. The number of rotatable bonds is 8. The van der Waals surface area contributed by atoms with E-state index in [1.54, 1.807) is 7.11 Å². The summed E-state index contributed by atoms with van der Waals surface area (Å²) >= 11 is 0. The van der Waals surface area contributed by atoms with E-state index in [1.165, 1.54) is 38.5 Å². The van der Waals surface area contributed by atoms with Gasteiger partial charge in [-0.3, -0.25) is 4.79 Å². The highest BCUT2D eigenvalue weighted by atomic mass is 16.5. The van der Waals surface area contributed by atoms with Gasteiger partial charge in [-0.05, 0) is 31.6 Å². The van der Waals surface area contributed by atoms with Crippen LogP contribution in [0.1, 0.15) is 45.4 Å². The van der Waals surface area contributed by atoms with Gasteiger partial charge in [-0.1, -0.05) is 19.8 Å². The minimum atomic E-state index is 0.0720. The Labute approximate surface area is 111 Å². The van der Waals surface area contributed by atoms with Crippen molar-refractivity contribution in [2.45, 2.75) is 51.5 Å². The molecule has 4 nitrogen and oxygen atoms in total. The zero-order valence-corrected chi connectivity index (χ0v) is 11.8. The SMILES string of the molecule is CCCC1CCC(NCC(=O)NCCOC)CC1. The molecule has 0 aromatic rings. The topological polar surface area (TPSA) is 50.4 Å². The predicted octanol–water partition coefficient (Wildman–Crippen LogP) is 1.70. The number of carbonyl (C=O) groups excluding carboxylic acids is 1. The molecule has 0 aromatic heterocycles. The number of amides is 1. The molecule has 0 aromatic carbocycles. The van der Waals surface area contributed by atoms with E-state index >= 15 is 0 Å². The van der Waals surface area contributed by atoms with Crippen LogP contribution in [0.5, 0.6) is 0 Å². The van der Waals surface area contributed by atoms with Crippen LogP contribution in [0.2, 0.25) is 0 Å². The molecule has 0 unspecified atom stereocenters. The van der Waals surface area contributed by atoms with Crippen LogP contribution in [-0.2, 0) is 9.53 Å². The van der Waals surface area contributed by atoms with Gasteiger partial charge in [0.15, 0.2) is 0 Å². The minimum absolute atomic E-state index is 0.0720. The van der Waals surface area contributed by atoms with Crippen LogP contribution in [0.15, 0.2) is 0 Å². The van der Waals surface area contributed by atoms with Crippen LogP contribution in [0.4, 0.5) is 0 Å². The average molecular weight is 256 g/mol. The third-order valence-corrected chi connectivity index (χ3v) is 3.72. The lowest BCUT2D eigenvalue weighted by atomic mass is 9.83. The summed E-state index contributed by atoms with van der Waals surface area (Å²) in [5.74, 6) is 0.992. The Bertz CT molecular complexity index is 226. The van der Waals surface area contributed by atoms with Gasteiger partial charge < -0.3 is 15.4 Å². The van der Waals surface area contributed by atoms with Crippen molar-refractivity contribution in [1.82, 2.24) is 10.6 Å². The van der Waals surface area contributed by atoms with Gasteiger partial charge >= 0.3 is 0 Å². The molecule has 1 aliphatic carbocycles. The van der Waals surface area contributed by atoms with Crippen LogP contribution >= 0.6 is 0 Å². The maximum absolute atomic E-state index is 11.5. The van der Waals surface area contributed by atoms with Gasteiger partial charge in [0.1, 0.15) is 0 Å². The largest absolute Gasteiger partial charge is 0.383 e. The first-order valence-corrected chi connectivity index (χ1v) is 7.25. The second-order valence-electron chi connectivity index (χ2n) is 5.23. The number of ether oxygens (including phenoxy) is 1. The predicted molar refractivity (Wildman–Crippen MR) is 73.5 cm³/mol. The molecule has 106 valence electrons. The molecule has 0 atom stereocenters. The van der Waals surface area contributed by atoms with E-state index < -0.39 is 0 Å². The van der Waals surface area contributed by atoms with Crippen molar-refractivity contribution in [3.63, 3.8) is 0 Å². The third-order valence-electron chi connectivity index (χ3n) is 3.72. The highest BCUT2D eigenvalue weighted by molar-refractivity contribution is 5.77. The normalized spacial score (nSPS) is 23.9. The molecule has 0 bridgehead atoms. The fourth-order valence-electron chi connectivity index (χ4n) is 2.66. The van der Waals surface area contributed by atoms with E-state index in [9.17, 15) is 4.79 Å². The highest BCUT2D eigenvalue weighted by Gasteiger charge is 2.20. The minimum Gasteiger partial charge on any atom is -0.383 e. The van der Waals surface area contributed by atoms with E-state index in [4.69, 9.17) is 4.74 Å². The van der Waals surface area contributed by atoms with E-state index in [1.807, 2.05) is 0 Å². The molecular weight excluding hydrogens is 228 g/mol. The zero-order chi connectivity index (χ0) is 13.2. The lowest BCUT2D eigenvalue weighted by molar-refractivity contribution is -0.120. The van der Waals surface area contributed by atoms with Crippen LogP contribution in [0.3, 0.4) is 0 Å². The summed E-state index contributed by atoms with van der Waals surface area (Å²) in [5, 5.41) is 6.18. The molecule has 1 amide bonds. The lowest BCUT2D eigenvalue weighted by Crippen LogP contribution is -2.41. The summed E-state index contributed by atoms with van der Waals surface area (Å²) in [7, 11) is 1.64. The van der Waals surface area contributed by atoms with Gasteiger partial charge in [-0.25, -0.2) is 0 Å². The number of carbonyl (C=O) groups is 1. The van der Waals surface area contributed by atoms with Gasteiger partial charge in [0.2, 0.25) is 5.91 Å². The monoisotopic (exact) mass is 256 g/mol.